The van der Waals surface area contributed by atoms with Crippen LogP contribution in [0.1, 0.15) is 12.8 Å². The van der Waals surface area contributed by atoms with Crippen molar-refractivity contribution in [3.8, 4) is 0 Å². The van der Waals surface area contributed by atoms with Gasteiger partial charge in [0.2, 0.25) is 0 Å². The second-order valence-electron chi connectivity index (χ2n) is 4.59. The smallest absolute Gasteiger partial charge is 0.433 e. The van der Waals surface area contributed by atoms with Crippen molar-refractivity contribution in [1.82, 2.24) is 0 Å². The zero-order valence-corrected chi connectivity index (χ0v) is 11.3. The molecule has 0 saturated carbocycles. The largest absolute Gasteiger partial charge is 0.508 e. The minimum atomic E-state index is -0.632. The molecule has 1 aliphatic heterocycles. The monoisotopic (exact) mass is 270 g/mol. The van der Waals surface area contributed by atoms with Crippen LogP contribution in [0.3, 0.4) is 0 Å². The van der Waals surface area contributed by atoms with Gasteiger partial charge in [-0.25, -0.2) is 4.79 Å². The van der Waals surface area contributed by atoms with Crippen LogP contribution in [-0.2, 0) is 18.9 Å². The minimum Gasteiger partial charge on any atom is -0.433 e. The first-order valence-corrected chi connectivity index (χ1v) is 6.39. The molecule has 0 radical (unpaired) electrons. The van der Waals surface area contributed by atoms with Crippen LogP contribution in [0.2, 0.25) is 0 Å². The molecule has 0 aromatic rings. The minimum absolute atomic E-state index is 0.258. The lowest BCUT2D eigenvalue weighted by Crippen LogP contribution is -2.46. The highest BCUT2D eigenvalue weighted by molar-refractivity contribution is 5.60. The maximum atomic E-state index is 11.0. The van der Waals surface area contributed by atoms with Gasteiger partial charge < -0.3 is 18.9 Å². The van der Waals surface area contributed by atoms with Crippen molar-refractivity contribution in [3.05, 3.63) is 25.3 Å². The van der Waals surface area contributed by atoms with Gasteiger partial charge in [-0.3, -0.25) is 0 Å². The third-order valence-corrected chi connectivity index (χ3v) is 2.74. The Kier molecular flexibility index (Phi) is 7.22. The number of hydrogen-bond acceptors (Lipinski definition) is 5. The number of carbonyl (C=O) groups excluding carboxylic acids is 1. The van der Waals surface area contributed by atoms with E-state index in [2.05, 4.69) is 13.2 Å². The van der Waals surface area contributed by atoms with Crippen molar-refractivity contribution in [2.45, 2.75) is 12.8 Å². The van der Waals surface area contributed by atoms with Crippen molar-refractivity contribution in [1.29, 1.82) is 0 Å². The summed E-state index contributed by atoms with van der Waals surface area (Å²) >= 11 is 0. The van der Waals surface area contributed by atoms with Crippen LogP contribution in [0, 0.1) is 5.41 Å². The second-order valence-corrected chi connectivity index (χ2v) is 4.59. The van der Waals surface area contributed by atoms with Crippen molar-refractivity contribution >= 4 is 6.16 Å². The zero-order valence-electron chi connectivity index (χ0n) is 11.3. The summed E-state index contributed by atoms with van der Waals surface area (Å²) < 4.78 is 21.0. The van der Waals surface area contributed by atoms with Crippen LogP contribution in [0.4, 0.5) is 4.79 Å². The molecule has 0 spiro atoms. The van der Waals surface area contributed by atoms with Crippen LogP contribution in [-0.4, -0.2) is 45.8 Å². The fraction of sp³-hybridized carbons (Fsp3) is 0.643. The van der Waals surface area contributed by atoms with E-state index in [1.165, 1.54) is 0 Å². The molecule has 0 amide bonds. The molecular weight excluding hydrogens is 248 g/mol. The molecule has 1 saturated heterocycles. The molecule has 0 atom stereocenters. The maximum absolute atomic E-state index is 11.0. The van der Waals surface area contributed by atoms with E-state index in [0.717, 1.165) is 12.8 Å². The van der Waals surface area contributed by atoms with Gasteiger partial charge in [0.1, 0.15) is 13.2 Å². The van der Waals surface area contributed by atoms with Crippen molar-refractivity contribution < 1.29 is 23.7 Å². The van der Waals surface area contributed by atoms with E-state index in [1.807, 2.05) is 0 Å². The van der Waals surface area contributed by atoms with Gasteiger partial charge in [-0.15, -0.1) is 13.2 Å². The Morgan fingerprint density at radius 1 is 1.05 bits per heavy atom. The summed E-state index contributed by atoms with van der Waals surface area (Å²) in [5, 5.41) is 0. The van der Waals surface area contributed by atoms with E-state index in [9.17, 15) is 4.79 Å². The first-order valence-electron chi connectivity index (χ1n) is 6.39. The molecule has 19 heavy (non-hydrogen) atoms. The molecule has 0 unspecified atom stereocenters. The molecule has 1 rings (SSSR count). The SMILES string of the molecule is C=CCCOCC1(COCCC=C)COC(=O)OC1. The highest BCUT2D eigenvalue weighted by atomic mass is 16.7. The zero-order chi connectivity index (χ0) is 14.0. The van der Waals surface area contributed by atoms with E-state index in [1.54, 1.807) is 12.2 Å². The summed E-state index contributed by atoms with van der Waals surface area (Å²) in [7, 11) is 0. The topological polar surface area (TPSA) is 54.0 Å². The maximum Gasteiger partial charge on any atom is 0.508 e. The molecule has 108 valence electrons. The summed E-state index contributed by atoms with van der Waals surface area (Å²) in [5.41, 5.74) is -0.420. The molecule has 0 aliphatic carbocycles. The Labute approximate surface area is 114 Å². The molecule has 0 N–H and O–H groups in total. The quantitative estimate of drug-likeness (QED) is 0.346. The Morgan fingerprint density at radius 2 is 1.53 bits per heavy atom. The van der Waals surface area contributed by atoms with Gasteiger partial charge in [-0.2, -0.15) is 0 Å². The second kappa shape index (κ2) is 8.72. The lowest BCUT2D eigenvalue weighted by Gasteiger charge is -2.35. The molecule has 5 heteroatoms. The van der Waals surface area contributed by atoms with Gasteiger partial charge in [0.15, 0.2) is 0 Å². The van der Waals surface area contributed by atoms with Crippen molar-refractivity contribution in [2.75, 3.05) is 39.6 Å². The molecule has 1 heterocycles. The highest BCUT2D eigenvalue weighted by Crippen LogP contribution is 2.24. The molecule has 0 aromatic heterocycles. The first-order chi connectivity index (χ1) is 9.22. The fourth-order valence-corrected chi connectivity index (χ4v) is 1.63. The summed E-state index contributed by atoms with van der Waals surface area (Å²) in [6, 6.07) is 0. The lowest BCUT2D eigenvalue weighted by molar-refractivity contribution is -0.123. The van der Waals surface area contributed by atoms with Gasteiger partial charge >= 0.3 is 6.16 Å². The summed E-state index contributed by atoms with van der Waals surface area (Å²) in [6.07, 6.45) is 4.53. The van der Waals surface area contributed by atoms with Gasteiger partial charge in [0.05, 0.1) is 31.8 Å². The van der Waals surface area contributed by atoms with Crippen molar-refractivity contribution in [2.24, 2.45) is 5.41 Å². The van der Waals surface area contributed by atoms with Crippen LogP contribution >= 0.6 is 0 Å². The number of ether oxygens (including phenoxy) is 4. The molecular formula is C14H22O5. The Morgan fingerprint density at radius 3 is 1.95 bits per heavy atom. The number of rotatable bonds is 10. The van der Waals surface area contributed by atoms with E-state index < -0.39 is 11.6 Å². The molecule has 1 fully saturated rings. The van der Waals surface area contributed by atoms with E-state index in [4.69, 9.17) is 18.9 Å². The third-order valence-electron chi connectivity index (χ3n) is 2.74. The van der Waals surface area contributed by atoms with Crippen LogP contribution < -0.4 is 0 Å². The normalized spacial score (nSPS) is 17.4. The summed E-state index contributed by atoms with van der Waals surface area (Å²) in [4.78, 5) is 11.0. The molecule has 1 aliphatic rings. The number of cyclic esters (lactones) is 2. The molecule has 5 nitrogen and oxygen atoms in total. The van der Waals surface area contributed by atoms with Gasteiger partial charge in [-0.1, -0.05) is 12.2 Å². The average Bonchev–Trinajstić information content (AvgIpc) is 2.43. The molecule has 0 bridgehead atoms. The first kappa shape index (κ1) is 15.7. The Bertz CT molecular complexity index is 272. The van der Waals surface area contributed by atoms with E-state index in [0.29, 0.717) is 26.4 Å². The fourth-order valence-electron chi connectivity index (χ4n) is 1.63. The number of carbonyl (C=O) groups is 1. The average molecular weight is 270 g/mol. The summed E-state index contributed by atoms with van der Waals surface area (Å²) in [6.45, 7) is 9.83. The molecule has 0 aromatic carbocycles. The van der Waals surface area contributed by atoms with Gasteiger partial charge in [0.25, 0.3) is 0 Å². The van der Waals surface area contributed by atoms with Gasteiger partial charge in [0, 0.05) is 0 Å². The summed E-state index contributed by atoms with van der Waals surface area (Å²) in [5.74, 6) is 0. The Hall–Kier alpha value is -1.33. The Balaban J connectivity index is 2.39. The third kappa shape index (κ3) is 5.89. The van der Waals surface area contributed by atoms with Gasteiger partial charge in [-0.05, 0) is 12.8 Å². The van der Waals surface area contributed by atoms with Crippen LogP contribution in [0.25, 0.3) is 0 Å². The van der Waals surface area contributed by atoms with Crippen LogP contribution in [0.15, 0.2) is 25.3 Å². The standard InChI is InChI=1S/C14H22O5/c1-3-5-7-16-9-14(10-17-8-6-4-2)11-18-13(15)19-12-14/h3-4H,1-2,5-12H2. The van der Waals surface area contributed by atoms with Crippen molar-refractivity contribution in [3.63, 3.8) is 0 Å². The predicted octanol–water partition coefficient (Wildman–Crippen LogP) is 2.33. The van der Waals surface area contributed by atoms with Crippen LogP contribution in [0.5, 0.6) is 0 Å². The van der Waals surface area contributed by atoms with E-state index >= 15 is 0 Å². The predicted molar refractivity (Wildman–Crippen MR) is 71.0 cm³/mol. The highest BCUT2D eigenvalue weighted by Gasteiger charge is 2.38. The number of hydrogen-bond donors (Lipinski definition) is 0. The van der Waals surface area contributed by atoms with E-state index in [-0.39, 0.29) is 13.2 Å². The lowest BCUT2D eigenvalue weighted by atomic mass is 9.91.